The molecule has 0 amide bonds. The molecule has 44 heavy (non-hydrogen) atoms. The lowest BCUT2D eigenvalue weighted by molar-refractivity contribution is -0.274. The average molecular weight is 637 g/mol. The molecule has 1 saturated carbocycles. The fraction of sp³-hybridized carbons (Fsp3) is 0.312. The number of thiocarbonyl (C=S) groups is 1. The number of hydrogen-bond donors (Lipinski definition) is 1. The van der Waals surface area contributed by atoms with E-state index in [1.807, 2.05) is 12.1 Å². The first-order valence-electron chi connectivity index (χ1n) is 14.4. The predicted molar refractivity (Wildman–Crippen MR) is 173 cm³/mol. The van der Waals surface area contributed by atoms with E-state index in [0.717, 1.165) is 42.4 Å². The molecule has 1 aliphatic carbocycles. The summed E-state index contributed by atoms with van der Waals surface area (Å²) in [5.74, 6) is 2.16. The smallest absolute Gasteiger partial charge is 0.406 e. The van der Waals surface area contributed by atoms with Crippen molar-refractivity contribution in [2.45, 2.75) is 39.0 Å². The number of halogens is 3. The van der Waals surface area contributed by atoms with Gasteiger partial charge in [-0.05, 0) is 84.8 Å². The van der Waals surface area contributed by atoms with E-state index >= 15 is 0 Å². The van der Waals surface area contributed by atoms with Gasteiger partial charge in [-0.15, -0.1) is 18.3 Å². The number of anilines is 1. The largest absolute Gasteiger partial charge is 0.573 e. The van der Waals surface area contributed by atoms with Gasteiger partial charge in [0.05, 0.1) is 5.69 Å². The Morgan fingerprint density at radius 3 is 2.61 bits per heavy atom. The van der Waals surface area contributed by atoms with Gasteiger partial charge < -0.3 is 15.0 Å². The van der Waals surface area contributed by atoms with Gasteiger partial charge in [-0.2, -0.15) is 4.99 Å². The number of hydrogen-bond acceptors (Lipinski definition) is 5. The lowest BCUT2D eigenvalue weighted by atomic mass is 10.0. The number of aliphatic imine (C=N–C) groups is 1. The Hall–Kier alpha value is -3.90. The molecule has 2 atom stereocenters. The Kier molecular flexibility index (Phi) is 8.64. The minimum Gasteiger partial charge on any atom is -0.406 e. The minimum absolute atomic E-state index is 0.288. The Balaban J connectivity index is 1.03. The molecule has 0 spiro atoms. The van der Waals surface area contributed by atoms with Crippen molar-refractivity contribution in [1.29, 1.82) is 0 Å². The summed E-state index contributed by atoms with van der Waals surface area (Å²) in [6, 6.07) is 20.1. The number of aromatic nitrogens is 3. The predicted octanol–water partition coefficient (Wildman–Crippen LogP) is 7.29. The summed E-state index contributed by atoms with van der Waals surface area (Å²) in [4.78, 5) is 11.5. The van der Waals surface area contributed by atoms with Crippen LogP contribution < -0.4 is 15.0 Å². The molecule has 228 valence electrons. The Morgan fingerprint density at radius 1 is 1.11 bits per heavy atom. The van der Waals surface area contributed by atoms with Crippen LogP contribution in [0.25, 0.3) is 17.1 Å². The summed E-state index contributed by atoms with van der Waals surface area (Å²) in [5.41, 5.74) is 6.51. The van der Waals surface area contributed by atoms with Crippen LogP contribution in [0, 0.1) is 12.8 Å². The summed E-state index contributed by atoms with van der Waals surface area (Å²) >= 11 is 7.36. The van der Waals surface area contributed by atoms with Gasteiger partial charge in [0, 0.05) is 30.1 Å². The molecule has 2 unspecified atom stereocenters. The zero-order valence-corrected chi connectivity index (χ0v) is 25.8. The van der Waals surface area contributed by atoms with Crippen molar-refractivity contribution in [3.05, 3.63) is 89.7 Å². The normalized spacial score (nSPS) is 18.9. The molecule has 2 aliphatic rings. The van der Waals surface area contributed by atoms with Gasteiger partial charge in [-0.25, -0.2) is 9.67 Å². The number of para-hydroxylation sites is 1. The van der Waals surface area contributed by atoms with Gasteiger partial charge in [0.2, 0.25) is 0 Å². The number of amidine groups is 1. The third kappa shape index (κ3) is 6.91. The number of aryl methyl sites for hydroxylation is 2. The summed E-state index contributed by atoms with van der Waals surface area (Å²) in [6.45, 7) is 6.03. The summed E-state index contributed by atoms with van der Waals surface area (Å²) in [5, 5.41) is 9.35. The SMILES string of the molecule is CCc1cccc(C)c1N1CCSC1=NC(=S)NCC1CC1c1ccc(-c2ncn(-c3ccc(OC(F)(F)F)cc3)n2)cc1. The molecule has 1 N–H and O–H groups in total. The van der Waals surface area contributed by atoms with E-state index in [9.17, 15) is 13.2 Å². The molecule has 1 aliphatic heterocycles. The van der Waals surface area contributed by atoms with Crippen molar-refractivity contribution in [2.75, 3.05) is 23.7 Å². The van der Waals surface area contributed by atoms with Crippen molar-refractivity contribution in [1.82, 2.24) is 20.1 Å². The van der Waals surface area contributed by atoms with Crippen LogP contribution in [-0.4, -0.2) is 50.2 Å². The van der Waals surface area contributed by atoms with E-state index in [4.69, 9.17) is 17.2 Å². The van der Waals surface area contributed by atoms with Crippen molar-refractivity contribution < 1.29 is 17.9 Å². The van der Waals surface area contributed by atoms with E-state index in [0.29, 0.717) is 28.5 Å². The Bertz CT molecular complexity index is 1670. The third-order valence-electron chi connectivity index (χ3n) is 7.81. The zero-order chi connectivity index (χ0) is 30.8. The van der Waals surface area contributed by atoms with E-state index in [2.05, 4.69) is 69.2 Å². The summed E-state index contributed by atoms with van der Waals surface area (Å²) < 4.78 is 42.7. The standard InChI is InChI=1S/C32H31F3N6OS2/c1-3-21-6-4-5-20(2)28(21)40-15-16-44-31(40)38-30(43)36-18-24-17-27(24)22-7-9-23(10-8-22)29-37-19-41(39-29)25-11-13-26(14-12-25)42-32(33,34)35/h4-14,19,24,27H,3,15-18H2,1-2H3,(H,36,43). The molecule has 2 fully saturated rings. The third-order valence-corrected chi connectivity index (χ3v) is 9.00. The number of alkyl halides is 3. The second-order valence-corrected chi connectivity index (χ2v) is 12.2. The number of benzene rings is 3. The first kappa shape index (κ1) is 30.1. The molecular weight excluding hydrogens is 606 g/mol. The quantitative estimate of drug-likeness (QED) is 0.204. The van der Waals surface area contributed by atoms with E-state index in [1.165, 1.54) is 57.7 Å². The minimum atomic E-state index is -4.73. The van der Waals surface area contributed by atoms with Gasteiger partial charge in [0.1, 0.15) is 12.1 Å². The molecular formula is C32H31F3N6OS2. The highest BCUT2D eigenvalue weighted by molar-refractivity contribution is 8.14. The maximum Gasteiger partial charge on any atom is 0.573 e. The number of nitrogens with zero attached hydrogens (tertiary/aromatic N) is 5. The molecule has 0 bridgehead atoms. The van der Waals surface area contributed by atoms with Gasteiger partial charge in [0.15, 0.2) is 16.1 Å². The fourth-order valence-corrected chi connectivity index (χ4v) is 6.70. The molecule has 1 saturated heterocycles. The van der Waals surface area contributed by atoms with Crippen LogP contribution in [0.4, 0.5) is 18.9 Å². The highest BCUT2D eigenvalue weighted by Crippen LogP contribution is 2.47. The summed E-state index contributed by atoms with van der Waals surface area (Å²) in [7, 11) is 0. The molecule has 6 rings (SSSR count). The monoisotopic (exact) mass is 636 g/mol. The lowest BCUT2D eigenvalue weighted by Gasteiger charge is -2.23. The molecule has 7 nitrogen and oxygen atoms in total. The molecule has 3 aromatic carbocycles. The second kappa shape index (κ2) is 12.6. The van der Waals surface area contributed by atoms with Crippen molar-refractivity contribution in [2.24, 2.45) is 10.9 Å². The van der Waals surface area contributed by atoms with Crippen molar-refractivity contribution in [3.8, 4) is 22.8 Å². The van der Waals surface area contributed by atoms with E-state index in [-0.39, 0.29) is 5.75 Å². The van der Waals surface area contributed by atoms with Gasteiger partial charge in [0.25, 0.3) is 0 Å². The maximum absolute atomic E-state index is 12.4. The van der Waals surface area contributed by atoms with Crippen LogP contribution in [0.2, 0.25) is 0 Å². The van der Waals surface area contributed by atoms with E-state index in [1.54, 1.807) is 11.8 Å². The van der Waals surface area contributed by atoms with Crippen LogP contribution in [0.3, 0.4) is 0 Å². The van der Waals surface area contributed by atoms with Crippen LogP contribution in [0.15, 0.2) is 78.0 Å². The van der Waals surface area contributed by atoms with Crippen LogP contribution in [0.5, 0.6) is 5.75 Å². The fourth-order valence-electron chi connectivity index (χ4n) is 5.52. The van der Waals surface area contributed by atoms with Gasteiger partial charge >= 0.3 is 6.36 Å². The molecule has 0 radical (unpaired) electrons. The first-order valence-corrected chi connectivity index (χ1v) is 15.8. The molecule has 12 heteroatoms. The topological polar surface area (TPSA) is 67.6 Å². The number of thioether (sulfide) groups is 1. The average Bonchev–Trinajstić information content (AvgIpc) is 3.36. The number of rotatable bonds is 8. The molecule has 4 aromatic rings. The highest BCUT2D eigenvalue weighted by atomic mass is 32.2. The Morgan fingerprint density at radius 2 is 1.89 bits per heavy atom. The zero-order valence-electron chi connectivity index (χ0n) is 24.2. The molecule has 2 heterocycles. The van der Waals surface area contributed by atoms with Crippen molar-refractivity contribution in [3.63, 3.8) is 0 Å². The Labute approximate surface area is 263 Å². The van der Waals surface area contributed by atoms with Crippen LogP contribution >= 0.6 is 24.0 Å². The van der Waals surface area contributed by atoms with Gasteiger partial charge in [-0.3, -0.25) is 0 Å². The van der Waals surface area contributed by atoms with Crippen molar-refractivity contribution >= 4 is 39.9 Å². The number of ether oxygens (including phenoxy) is 1. The lowest BCUT2D eigenvalue weighted by Crippen LogP contribution is -2.29. The first-order chi connectivity index (χ1) is 21.2. The van der Waals surface area contributed by atoms with Gasteiger partial charge in [-0.1, -0.05) is 61.2 Å². The highest BCUT2D eigenvalue weighted by Gasteiger charge is 2.38. The second-order valence-electron chi connectivity index (χ2n) is 10.8. The van der Waals surface area contributed by atoms with Crippen LogP contribution in [0.1, 0.15) is 36.0 Å². The maximum atomic E-state index is 12.4. The molecule has 1 aromatic heterocycles. The van der Waals surface area contributed by atoms with Crippen LogP contribution in [-0.2, 0) is 6.42 Å². The summed E-state index contributed by atoms with van der Waals surface area (Å²) in [6.07, 6.45) is -1.15. The number of nitrogens with one attached hydrogen (secondary N) is 1. The van der Waals surface area contributed by atoms with E-state index < -0.39 is 6.36 Å².